The summed E-state index contributed by atoms with van der Waals surface area (Å²) in [5.74, 6) is 0.633. The van der Waals surface area contributed by atoms with Crippen LogP contribution in [0.1, 0.15) is 51.2 Å². The summed E-state index contributed by atoms with van der Waals surface area (Å²) in [5, 5.41) is 12.8. The van der Waals surface area contributed by atoms with Crippen molar-refractivity contribution >= 4 is 0 Å². The van der Waals surface area contributed by atoms with Crippen LogP contribution in [-0.2, 0) is 6.54 Å². The zero-order valence-electron chi connectivity index (χ0n) is 11.5. The molecule has 0 spiro atoms. The zero-order valence-corrected chi connectivity index (χ0v) is 11.5. The van der Waals surface area contributed by atoms with E-state index in [0.717, 1.165) is 6.54 Å². The second kappa shape index (κ2) is 6.18. The van der Waals surface area contributed by atoms with E-state index in [2.05, 4.69) is 43.4 Å². The van der Waals surface area contributed by atoms with Crippen molar-refractivity contribution < 1.29 is 5.11 Å². The van der Waals surface area contributed by atoms with Crippen molar-refractivity contribution in [1.82, 2.24) is 5.32 Å². The van der Waals surface area contributed by atoms with Gasteiger partial charge >= 0.3 is 0 Å². The summed E-state index contributed by atoms with van der Waals surface area (Å²) in [6, 6.07) is 8.74. The minimum atomic E-state index is -0.642. The summed E-state index contributed by atoms with van der Waals surface area (Å²) in [5.41, 5.74) is 2.02. The Labute approximate surface area is 105 Å². The van der Waals surface area contributed by atoms with Gasteiger partial charge in [0, 0.05) is 13.1 Å². The van der Waals surface area contributed by atoms with Crippen molar-refractivity contribution in [2.75, 3.05) is 6.54 Å². The van der Waals surface area contributed by atoms with E-state index in [1.54, 1.807) is 0 Å². The number of aliphatic hydroxyl groups is 1. The van der Waals surface area contributed by atoms with Gasteiger partial charge in [-0.25, -0.2) is 0 Å². The molecular weight excluding hydrogens is 210 g/mol. The second-order valence-corrected chi connectivity index (χ2v) is 5.47. The average Bonchev–Trinajstić information content (AvgIpc) is 2.27. The van der Waals surface area contributed by atoms with Crippen LogP contribution < -0.4 is 5.32 Å². The molecule has 1 aromatic carbocycles. The normalized spacial score (nSPS) is 13.7. The van der Waals surface area contributed by atoms with Crippen molar-refractivity contribution in [3.05, 3.63) is 35.4 Å². The van der Waals surface area contributed by atoms with Crippen molar-refractivity contribution in [3.8, 4) is 0 Å². The van der Waals surface area contributed by atoms with E-state index in [-0.39, 0.29) is 0 Å². The minimum absolute atomic E-state index is 0.611. The first kappa shape index (κ1) is 14.2. The van der Waals surface area contributed by atoms with Crippen molar-refractivity contribution in [2.24, 2.45) is 0 Å². The Bertz CT molecular complexity index is 324. The van der Waals surface area contributed by atoms with E-state index in [1.165, 1.54) is 17.5 Å². The molecule has 96 valence electrons. The van der Waals surface area contributed by atoms with Crippen molar-refractivity contribution in [3.63, 3.8) is 0 Å². The molecule has 0 saturated carbocycles. The average molecular weight is 235 g/mol. The topological polar surface area (TPSA) is 32.3 Å². The first-order chi connectivity index (χ1) is 7.92. The Hall–Kier alpha value is -0.860. The first-order valence-corrected chi connectivity index (χ1v) is 6.44. The highest BCUT2D eigenvalue weighted by Crippen LogP contribution is 2.18. The molecule has 0 fully saturated rings. The summed E-state index contributed by atoms with van der Waals surface area (Å²) < 4.78 is 0. The molecule has 0 amide bonds. The highest BCUT2D eigenvalue weighted by molar-refractivity contribution is 5.24. The zero-order chi connectivity index (χ0) is 12.9. The maximum Gasteiger partial charge on any atom is 0.0715 e. The fraction of sp³-hybridized carbons (Fsp3) is 0.600. The maximum absolute atomic E-state index is 9.58. The molecule has 0 aromatic heterocycles. The lowest BCUT2D eigenvalue weighted by atomic mass is 9.97. The molecule has 1 atom stereocenters. The predicted molar refractivity (Wildman–Crippen MR) is 73.2 cm³/mol. The fourth-order valence-corrected chi connectivity index (χ4v) is 1.71. The van der Waals surface area contributed by atoms with Gasteiger partial charge < -0.3 is 10.4 Å². The van der Waals surface area contributed by atoms with Crippen LogP contribution >= 0.6 is 0 Å². The molecule has 1 aromatic rings. The molecule has 0 aliphatic heterocycles. The summed E-state index contributed by atoms with van der Waals surface area (Å²) in [6.07, 6.45) is 1.18. The molecular formula is C15H25NO. The molecule has 1 unspecified atom stereocenters. The van der Waals surface area contributed by atoms with E-state index < -0.39 is 5.60 Å². The number of benzene rings is 1. The quantitative estimate of drug-likeness (QED) is 0.794. The first-order valence-electron chi connectivity index (χ1n) is 6.44. The summed E-state index contributed by atoms with van der Waals surface area (Å²) >= 11 is 0. The molecule has 2 nitrogen and oxygen atoms in total. The van der Waals surface area contributed by atoms with Crippen LogP contribution in [0.2, 0.25) is 0 Å². The summed E-state index contributed by atoms with van der Waals surface area (Å²) in [6.45, 7) is 9.51. The Morgan fingerprint density at radius 2 is 1.82 bits per heavy atom. The Morgan fingerprint density at radius 3 is 2.29 bits per heavy atom. The standard InChI is InChI=1S/C15H25NO/c1-5-12(2)14-8-6-13(7-9-14)10-16-11-15(3,4)17/h6-9,12,16-17H,5,10-11H2,1-4H3. The van der Waals surface area contributed by atoms with Gasteiger partial charge in [0.05, 0.1) is 5.60 Å². The minimum Gasteiger partial charge on any atom is -0.389 e. The van der Waals surface area contributed by atoms with E-state index >= 15 is 0 Å². The number of hydrogen-bond acceptors (Lipinski definition) is 2. The van der Waals surface area contributed by atoms with Gasteiger partial charge in [0.2, 0.25) is 0 Å². The van der Waals surface area contributed by atoms with Crippen molar-refractivity contribution in [2.45, 2.75) is 52.2 Å². The van der Waals surface area contributed by atoms with Gasteiger partial charge in [-0.15, -0.1) is 0 Å². The van der Waals surface area contributed by atoms with Crippen LogP contribution in [0.4, 0.5) is 0 Å². The lowest BCUT2D eigenvalue weighted by molar-refractivity contribution is 0.0795. The van der Waals surface area contributed by atoms with E-state index in [9.17, 15) is 5.11 Å². The summed E-state index contributed by atoms with van der Waals surface area (Å²) in [4.78, 5) is 0. The predicted octanol–water partition coefficient (Wildman–Crippen LogP) is 3.06. The van der Waals surface area contributed by atoms with Crippen LogP contribution in [0.25, 0.3) is 0 Å². The van der Waals surface area contributed by atoms with Crippen LogP contribution in [0, 0.1) is 0 Å². The molecule has 0 bridgehead atoms. The number of hydrogen-bond donors (Lipinski definition) is 2. The lowest BCUT2D eigenvalue weighted by Crippen LogP contribution is -2.34. The number of rotatable bonds is 6. The third-order valence-electron chi connectivity index (χ3n) is 3.05. The van der Waals surface area contributed by atoms with Crippen LogP contribution in [-0.4, -0.2) is 17.3 Å². The second-order valence-electron chi connectivity index (χ2n) is 5.47. The van der Waals surface area contributed by atoms with Crippen LogP contribution in [0.15, 0.2) is 24.3 Å². The van der Waals surface area contributed by atoms with Gasteiger partial charge in [-0.05, 0) is 37.3 Å². The SMILES string of the molecule is CCC(C)c1ccc(CNCC(C)(C)O)cc1. The smallest absolute Gasteiger partial charge is 0.0715 e. The third kappa shape index (κ3) is 5.33. The maximum atomic E-state index is 9.58. The highest BCUT2D eigenvalue weighted by atomic mass is 16.3. The van der Waals surface area contributed by atoms with Crippen molar-refractivity contribution in [1.29, 1.82) is 0 Å². The molecule has 2 N–H and O–H groups in total. The van der Waals surface area contributed by atoms with E-state index in [4.69, 9.17) is 0 Å². The third-order valence-corrected chi connectivity index (χ3v) is 3.05. The van der Waals surface area contributed by atoms with Gasteiger partial charge in [-0.2, -0.15) is 0 Å². The Morgan fingerprint density at radius 1 is 1.24 bits per heavy atom. The molecule has 0 heterocycles. The van der Waals surface area contributed by atoms with Crippen LogP contribution in [0.5, 0.6) is 0 Å². The number of nitrogens with one attached hydrogen (secondary N) is 1. The molecule has 0 radical (unpaired) electrons. The summed E-state index contributed by atoms with van der Waals surface area (Å²) in [7, 11) is 0. The largest absolute Gasteiger partial charge is 0.389 e. The lowest BCUT2D eigenvalue weighted by Gasteiger charge is -2.17. The molecule has 1 rings (SSSR count). The highest BCUT2D eigenvalue weighted by Gasteiger charge is 2.10. The van der Waals surface area contributed by atoms with Crippen LogP contribution in [0.3, 0.4) is 0 Å². The fourth-order valence-electron chi connectivity index (χ4n) is 1.71. The van der Waals surface area contributed by atoms with E-state index in [1.807, 2.05) is 13.8 Å². The van der Waals surface area contributed by atoms with Gasteiger partial charge in [-0.1, -0.05) is 38.1 Å². The molecule has 0 aliphatic rings. The molecule has 17 heavy (non-hydrogen) atoms. The molecule has 2 heteroatoms. The Kier molecular flexibility index (Phi) is 5.16. The monoisotopic (exact) mass is 235 g/mol. The molecule has 0 saturated heterocycles. The van der Waals surface area contributed by atoms with Gasteiger partial charge in [0.1, 0.15) is 0 Å². The Balaban J connectivity index is 2.46. The van der Waals surface area contributed by atoms with Gasteiger partial charge in [-0.3, -0.25) is 0 Å². The van der Waals surface area contributed by atoms with Gasteiger partial charge in [0.25, 0.3) is 0 Å². The van der Waals surface area contributed by atoms with Gasteiger partial charge in [0.15, 0.2) is 0 Å². The molecule has 0 aliphatic carbocycles. The van der Waals surface area contributed by atoms with E-state index in [0.29, 0.717) is 12.5 Å².